The molecule has 0 saturated heterocycles. The number of hydrogen-bond acceptors (Lipinski definition) is 2. The number of amides is 1. The SMILES string of the molecule is C[C@H](N[C@@H](CC12CC3CC(CC(C3)C1)C2)C(N)=O)c1ccccc1. The van der Waals surface area contributed by atoms with Crippen LogP contribution in [0.2, 0.25) is 0 Å². The molecule has 3 nitrogen and oxygen atoms in total. The summed E-state index contributed by atoms with van der Waals surface area (Å²) in [6.45, 7) is 2.13. The Morgan fingerprint density at radius 3 is 2.17 bits per heavy atom. The first-order valence-electron chi connectivity index (χ1n) is 9.63. The van der Waals surface area contributed by atoms with E-state index in [-0.39, 0.29) is 18.0 Å². The lowest BCUT2D eigenvalue weighted by molar-refractivity contribution is -0.123. The van der Waals surface area contributed by atoms with Crippen molar-refractivity contribution >= 4 is 5.91 Å². The lowest BCUT2D eigenvalue weighted by Crippen LogP contribution is -2.52. The number of nitrogens with two attached hydrogens (primary N) is 1. The molecule has 3 N–H and O–H groups in total. The van der Waals surface area contributed by atoms with Gasteiger partial charge in [0.2, 0.25) is 5.91 Å². The van der Waals surface area contributed by atoms with Gasteiger partial charge in [0.1, 0.15) is 0 Å². The Hall–Kier alpha value is -1.35. The van der Waals surface area contributed by atoms with Crippen molar-refractivity contribution < 1.29 is 4.79 Å². The minimum atomic E-state index is -0.212. The zero-order chi connectivity index (χ0) is 16.7. The molecule has 0 heterocycles. The van der Waals surface area contributed by atoms with Crippen molar-refractivity contribution in [2.75, 3.05) is 0 Å². The van der Waals surface area contributed by atoms with Crippen molar-refractivity contribution in [1.29, 1.82) is 0 Å². The third kappa shape index (κ3) is 3.11. The highest BCUT2D eigenvalue weighted by molar-refractivity contribution is 5.80. The molecular weight excluding hydrogens is 296 g/mol. The van der Waals surface area contributed by atoms with Gasteiger partial charge in [0.25, 0.3) is 0 Å². The first-order chi connectivity index (χ1) is 11.5. The Bertz CT molecular complexity index is 562. The number of rotatable bonds is 6. The van der Waals surface area contributed by atoms with Gasteiger partial charge in [-0.05, 0) is 80.6 Å². The lowest BCUT2D eigenvalue weighted by atomic mass is 9.48. The largest absolute Gasteiger partial charge is 0.368 e. The van der Waals surface area contributed by atoms with Gasteiger partial charge >= 0.3 is 0 Å². The molecular formula is C21H30N2O. The fourth-order valence-electron chi connectivity index (χ4n) is 6.35. The molecule has 1 amide bonds. The van der Waals surface area contributed by atoms with Gasteiger partial charge < -0.3 is 5.73 Å². The Morgan fingerprint density at radius 2 is 1.67 bits per heavy atom. The lowest BCUT2D eigenvalue weighted by Gasteiger charge is -2.57. The van der Waals surface area contributed by atoms with Crippen LogP contribution >= 0.6 is 0 Å². The molecule has 0 aromatic heterocycles. The topological polar surface area (TPSA) is 55.1 Å². The van der Waals surface area contributed by atoms with E-state index in [1.54, 1.807) is 0 Å². The maximum Gasteiger partial charge on any atom is 0.234 e. The predicted molar refractivity (Wildman–Crippen MR) is 96.2 cm³/mol. The van der Waals surface area contributed by atoms with Crippen molar-refractivity contribution in [1.82, 2.24) is 5.32 Å². The van der Waals surface area contributed by atoms with Crippen LogP contribution in [0.4, 0.5) is 0 Å². The van der Waals surface area contributed by atoms with E-state index in [9.17, 15) is 4.79 Å². The summed E-state index contributed by atoms with van der Waals surface area (Å²) in [7, 11) is 0. The molecule has 4 saturated carbocycles. The smallest absolute Gasteiger partial charge is 0.234 e. The molecule has 4 fully saturated rings. The number of nitrogens with one attached hydrogen (secondary N) is 1. The summed E-state index contributed by atoms with van der Waals surface area (Å²) in [6, 6.07) is 10.3. The Kier molecular flexibility index (Phi) is 4.16. The molecule has 1 aromatic rings. The van der Waals surface area contributed by atoms with Gasteiger partial charge in [-0.25, -0.2) is 0 Å². The first-order valence-corrected chi connectivity index (χ1v) is 9.63. The summed E-state index contributed by atoms with van der Waals surface area (Å²) in [4.78, 5) is 12.2. The summed E-state index contributed by atoms with van der Waals surface area (Å²) in [5, 5.41) is 3.53. The van der Waals surface area contributed by atoms with Crippen LogP contribution in [-0.4, -0.2) is 11.9 Å². The third-order valence-corrected chi connectivity index (χ3v) is 6.90. The number of benzene rings is 1. The highest BCUT2D eigenvalue weighted by Crippen LogP contribution is 2.61. The molecule has 5 rings (SSSR count). The number of primary amides is 1. The van der Waals surface area contributed by atoms with E-state index in [4.69, 9.17) is 5.73 Å². The van der Waals surface area contributed by atoms with Gasteiger partial charge in [-0.1, -0.05) is 30.3 Å². The van der Waals surface area contributed by atoms with Crippen LogP contribution < -0.4 is 11.1 Å². The van der Waals surface area contributed by atoms with E-state index in [1.807, 2.05) is 18.2 Å². The van der Waals surface area contributed by atoms with Crippen molar-refractivity contribution in [2.24, 2.45) is 28.9 Å². The maximum absolute atomic E-state index is 12.2. The maximum atomic E-state index is 12.2. The average Bonchev–Trinajstić information content (AvgIpc) is 2.53. The highest BCUT2D eigenvalue weighted by atomic mass is 16.1. The number of hydrogen-bond donors (Lipinski definition) is 2. The van der Waals surface area contributed by atoms with Gasteiger partial charge in [0.05, 0.1) is 6.04 Å². The summed E-state index contributed by atoms with van der Waals surface area (Å²) >= 11 is 0. The summed E-state index contributed by atoms with van der Waals surface area (Å²) in [5.74, 6) is 2.55. The second-order valence-electron chi connectivity index (χ2n) is 8.88. The van der Waals surface area contributed by atoms with Gasteiger partial charge in [-0.2, -0.15) is 0 Å². The molecule has 130 valence electrons. The van der Waals surface area contributed by atoms with Crippen LogP contribution in [0.25, 0.3) is 0 Å². The fourth-order valence-corrected chi connectivity index (χ4v) is 6.35. The van der Waals surface area contributed by atoms with Crippen LogP contribution in [0.15, 0.2) is 30.3 Å². The van der Waals surface area contributed by atoms with E-state index in [1.165, 1.54) is 44.1 Å². The zero-order valence-corrected chi connectivity index (χ0v) is 14.7. The Balaban J connectivity index is 1.47. The van der Waals surface area contributed by atoms with Gasteiger partial charge in [0.15, 0.2) is 0 Å². The molecule has 0 aliphatic heterocycles. The van der Waals surface area contributed by atoms with Crippen molar-refractivity contribution in [2.45, 2.75) is 64.0 Å². The van der Waals surface area contributed by atoms with Crippen LogP contribution in [0.5, 0.6) is 0 Å². The van der Waals surface area contributed by atoms with Crippen LogP contribution in [-0.2, 0) is 4.79 Å². The fraction of sp³-hybridized carbons (Fsp3) is 0.667. The molecule has 4 bridgehead atoms. The number of carbonyl (C=O) groups is 1. The van der Waals surface area contributed by atoms with Crippen molar-refractivity contribution in [3.05, 3.63) is 35.9 Å². The molecule has 4 aliphatic rings. The van der Waals surface area contributed by atoms with Crippen molar-refractivity contribution in [3.8, 4) is 0 Å². The summed E-state index contributed by atoms with van der Waals surface area (Å²) in [6.07, 6.45) is 9.22. The number of carbonyl (C=O) groups excluding carboxylic acids is 1. The van der Waals surface area contributed by atoms with Crippen molar-refractivity contribution in [3.63, 3.8) is 0 Å². The molecule has 0 spiro atoms. The summed E-state index contributed by atoms with van der Waals surface area (Å²) < 4.78 is 0. The molecule has 0 radical (unpaired) electrons. The molecule has 4 aliphatic carbocycles. The van der Waals surface area contributed by atoms with Gasteiger partial charge in [0, 0.05) is 6.04 Å². The summed E-state index contributed by atoms with van der Waals surface area (Å²) in [5.41, 5.74) is 7.38. The van der Waals surface area contributed by atoms with Crippen LogP contribution in [0, 0.1) is 23.2 Å². The monoisotopic (exact) mass is 326 g/mol. The Morgan fingerprint density at radius 1 is 1.12 bits per heavy atom. The van der Waals surface area contributed by atoms with Crippen LogP contribution in [0.1, 0.15) is 63.5 Å². The van der Waals surface area contributed by atoms with E-state index in [2.05, 4.69) is 24.4 Å². The standard InChI is InChI=1S/C21H30N2O/c1-14(18-5-3-2-4-6-18)23-19(20(22)24)13-21-10-15-7-16(11-21)9-17(8-15)12-21/h2-6,14-17,19,23H,7-13H2,1H3,(H2,22,24)/t14-,15?,16?,17?,19-,21?/m0/s1. The second kappa shape index (κ2) is 6.18. The Labute approximate surface area is 145 Å². The average molecular weight is 326 g/mol. The zero-order valence-electron chi connectivity index (χ0n) is 14.7. The molecule has 2 atom stereocenters. The second-order valence-corrected chi connectivity index (χ2v) is 8.88. The van der Waals surface area contributed by atoms with E-state index in [0.717, 1.165) is 24.2 Å². The molecule has 1 aromatic carbocycles. The minimum absolute atomic E-state index is 0.151. The van der Waals surface area contributed by atoms with Crippen LogP contribution in [0.3, 0.4) is 0 Å². The van der Waals surface area contributed by atoms with E-state index < -0.39 is 0 Å². The third-order valence-electron chi connectivity index (χ3n) is 6.90. The molecule has 0 unspecified atom stereocenters. The normalized spacial score (nSPS) is 36.5. The van der Waals surface area contributed by atoms with Gasteiger partial charge in [-0.3, -0.25) is 10.1 Å². The van der Waals surface area contributed by atoms with E-state index in [0.29, 0.717) is 5.41 Å². The quantitative estimate of drug-likeness (QED) is 0.835. The molecule has 24 heavy (non-hydrogen) atoms. The van der Waals surface area contributed by atoms with Gasteiger partial charge in [-0.15, -0.1) is 0 Å². The molecule has 3 heteroatoms. The van der Waals surface area contributed by atoms with E-state index >= 15 is 0 Å². The minimum Gasteiger partial charge on any atom is -0.368 e. The first kappa shape index (κ1) is 16.1. The highest BCUT2D eigenvalue weighted by Gasteiger charge is 2.51. The predicted octanol–water partition coefficient (Wildman–Crippen LogP) is 3.80.